The molecule has 3 N–H and O–H groups in total. The normalized spacial score (nSPS) is 10.1. The largest absolute Gasteiger partial charge is 0.508 e. The third kappa shape index (κ3) is 4.20. The van der Waals surface area contributed by atoms with Gasteiger partial charge in [-0.25, -0.2) is 4.79 Å². The lowest BCUT2D eigenvalue weighted by atomic mass is 10.2. The summed E-state index contributed by atoms with van der Waals surface area (Å²) in [6.45, 7) is 0.364. The van der Waals surface area contributed by atoms with Crippen molar-refractivity contribution in [3.05, 3.63) is 54.1 Å². The first kappa shape index (κ1) is 14.3. The average Bonchev–Trinajstić information content (AvgIpc) is 2.45. The van der Waals surface area contributed by atoms with Crippen LogP contribution in [-0.4, -0.2) is 17.4 Å². The molecule has 0 heterocycles. The highest BCUT2D eigenvalue weighted by molar-refractivity contribution is 7.98. The van der Waals surface area contributed by atoms with Crippen molar-refractivity contribution < 1.29 is 9.90 Å². The molecule has 0 fully saturated rings. The third-order valence-electron chi connectivity index (χ3n) is 2.69. The van der Waals surface area contributed by atoms with Gasteiger partial charge in [-0.3, -0.25) is 0 Å². The van der Waals surface area contributed by atoms with Crippen molar-refractivity contribution in [3.63, 3.8) is 0 Å². The number of phenols is 1. The van der Waals surface area contributed by atoms with Gasteiger partial charge < -0.3 is 15.7 Å². The van der Waals surface area contributed by atoms with Gasteiger partial charge in [0.25, 0.3) is 0 Å². The molecule has 0 aliphatic heterocycles. The summed E-state index contributed by atoms with van der Waals surface area (Å²) in [5.74, 6) is 0.192. The number of hydrogen-bond donors (Lipinski definition) is 3. The van der Waals surface area contributed by atoms with E-state index in [0.29, 0.717) is 6.54 Å². The van der Waals surface area contributed by atoms with Crippen molar-refractivity contribution >= 4 is 23.5 Å². The van der Waals surface area contributed by atoms with Crippen LogP contribution in [0.25, 0.3) is 0 Å². The zero-order valence-electron chi connectivity index (χ0n) is 11.1. The first-order chi connectivity index (χ1) is 9.67. The molecule has 0 unspecified atom stereocenters. The maximum atomic E-state index is 11.8. The van der Waals surface area contributed by atoms with Crippen molar-refractivity contribution in [1.29, 1.82) is 0 Å². The minimum absolute atomic E-state index is 0.192. The average molecular weight is 288 g/mol. The molecule has 0 aliphatic rings. The molecule has 0 saturated heterocycles. The summed E-state index contributed by atoms with van der Waals surface area (Å²) >= 11 is 1.62. The summed E-state index contributed by atoms with van der Waals surface area (Å²) in [6.07, 6.45) is 1.99. The number of phenolic OH excluding ortho intramolecular Hbond substituents is 1. The molecule has 2 aromatic carbocycles. The van der Waals surface area contributed by atoms with Gasteiger partial charge in [0.15, 0.2) is 0 Å². The number of thioether (sulfide) groups is 1. The van der Waals surface area contributed by atoms with E-state index in [2.05, 4.69) is 10.6 Å². The number of aromatic hydroxyl groups is 1. The summed E-state index contributed by atoms with van der Waals surface area (Å²) in [7, 11) is 0. The fourth-order valence-electron chi connectivity index (χ4n) is 1.72. The van der Waals surface area contributed by atoms with Gasteiger partial charge in [0, 0.05) is 17.1 Å². The molecule has 0 aromatic heterocycles. The van der Waals surface area contributed by atoms with E-state index in [9.17, 15) is 9.90 Å². The molecule has 2 aromatic rings. The molecule has 20 heavy (non-hydrogen) atoms. The molecule has 0 atom stereocenters. The van der Waals surface area contributed by atoms with E-state index >= 15 is 0 Å². The predicted octanol–water partition coefficient (Wildman–Crippen LogP) is 3.44. The molecule has 0 spiro atoms. The van der Waals surface area contributed by atoms with Crippen LogP contribution < -0.4 is 10.6 Å². The Labute approximate surface area is 122 Å². The highest BCUT2D eigenvalue weighted by Gasteiger charge is 2.02. The molecular weight excluding hydrogens is 272 g/mol. The Bertz CT molecular complexity index is 602. The summed E-state index contributed by atoms with van der Waals surface area (Å²) in [4.78, 5) is 12.9. The van der Waals surface area contributed by atoms with Crippen molar-refractivity contribution in [2.75, 3.05) is 11.6 Å². The lowest BCUT2D eigenvalue weighted by molar-refractivity contribution is 0.251. The predicted molar refractivity (Wildman–Crippen MR) is 82.2 cm³/mol. The smallest absolute Gasteiger partial charge is 0.319 e. The second kappa shape index (κ2) is 6.86. The molecule has 0 bridgehead atoms. The van der Waals surface area contributed by atoms with Gasteiger partial charge in [-0.05, 0) is 42.2 Å². The number of rotatable bonds is 4. The zero-order valence-corrected chi connectivity index (χ0v) is 11.9. The van der Waals surface area contributed by atoms with Gasteiger partial charge in [0.1, 0.15) is 5.75 Å². The Morgan fingerprint density at radius 2 is 2.00 bits per heavy atom. The van der Waals surface area contributed by atoms with E-state index in [1.54, 1.807) is 30.0 Å². The molecular formula is C15H16N2O2S. The van der Waals surface area contributed by atoms with Gasteiger partial charge >= 0.3 is 6.03 Å². The molecule has 2 rings (SSSR count). The minimum Gasteiger partial charge on any atom is -0.508 e. The van der Waals surface area contributed by atoms with Crippen LogP contribution >= 0.6 is 11.8 Å². The SMILES string of the molecule is CSc1cccc(NC(=O)NCc2cccc(O)c2)c1. The summed E-state index contributed by atoms with van der Waals surface area (Å²) < 4.78 is 0. The van der Waals surface area contributed by atoms with Crippen LogP contribution in [0.2, 0.25) is 0 Å². The topological polar surface area (TPSA) is 61.4 Å². The van der Waals surface area contributed by atoms with Gasteiger partial charge in [-0.1, -0.05) is 18.2 Å². The van der Waals surface area contributed by atoms with E-state index in [1.165, 1.54) is 0 Å². The van der Waals surface area contributed by atoms with Crippen molar-refractivity contribution in [3.8, 4) is 5.75 Å². The van der Waals surface area contributed by atoms with Crippen molar-refractivity contribution in [1.82, 2.24) is 5.32 Å². The number of carbonyl (C=O) groups excluding carboxylic acids is 1. The molecule has 0 aliphatic carbocycles. The van der Waals surface area contributed by atoms with Crippen LogP contribution in [0.5, 0.6) is 5.75 Å². The zero-order chi connectivity index (χ0) is 14.4. The van der Waals surface area contributed by atoms with Crippen LogP contribution in [0, 0.1) is 0 Å². The number of hydrogen-bond acceptors (Lipinski definition) is 3. The molecule has 0 saturated carbocycles. The quantitative estimate of drug-likeness (QED) is 0.755. The fraction of sp³-hybridized carbons (Fsp3) is 0.133. The van der Waals surface area contributed by atoms with Crippen molar-refractivity contribution in [2.45, 2.75) is 11.4 Å². The molecule has 4 nitrogen and oxygen atoms in total. The molecule has 2 amide bonds. The van der Waals surface area contributed by atoms with Gasteiger partial charge in [0.05, 0.1) is 0 Å². The van der Waals surface area contributed by atoms with Crippen LogP contribution in [0.3, 0.4) is 0 Å². The van der Waals surface area contributed by atoms with E-state index in [1.807, 2.05) is 36.6 Å². The van der Waals surface area contributed by atoms with Gasteiger partial charge in [-0.2, -0.15) is 0 Å². The fourth-order valence-corrected chi connectivity index (χ4v) is 2.18. The van der Waals surface area contributed by atoms with E-state index < -0.39 is 0 Å². The minimum atomic E-state index is -0.272. The number of carbonyl (C=O) groups is 1. The van der Waals surface area contributed by atoms with E-state index in [-0.39, 0.29) is 11.8 Å². The third-order valence-corrected chi connectivity index (χ3v) is 3.42. The monoisotopic (exact) mass is 288 g/mol. The Kier molecular flexibility index (Phi) is 4.90. The first-order valence-electron chi connectivity index (χ1n) is 6.14. The van der Waals surface area contributed by atoms with Crippen molar-refractivity contribution in [2.24, 2.45) is 0 Å². The van der Waals surface area contributed by atoms with Crippen LogP contribution in [0.15, 0.2) is 53.4 Å². The molecule has 104 valence electrons. The highest BCUT2D eigenvalue weighted by Crippen LogP contribution is 2.18. The lowest BCUT2D eigenvalue weighted by Crippen LogP contribution is -2.28. The number of benzene rings is 2. The molecule has 5 heteroatoms. The summed E-state index contributed by atoms with van der Waals surface area (Å²) in [5.41, 5.74) is 1.60. The standard InChI is InChI=1S/C15H16N2O2S/c1-20-14-7-3-5-12(9-14)17-15(19)16-10-11-4-2-6-13(18)8-11/h2-9,18H,10H2,1H3,(H2,16,17,19). The lowest BCUT2D eigenvalue weighted by Gasteiger charge is -2.08. The van der Waals surface area contributed by atoms with E-state index in [4.69, 9.17) is 0 Å². The maximum Gasteiger partial charge on any atom is 0.319 e. The second-order valence-electron chi connectivity index (χ2n) is 4.21. The number of anilines is 1. The highest BCUT2D eigenvalue weighted by atomic mass is 32.2. The Hall–Kier alpha value is -2.14. The first-order valence-corrected chi connectivity index (χ1v) is 7.36. The number of amides is 2. The van der Waals surface area contributed by atoms with Crippen LogP contribution in [0.4, 0.5) is 10.5 Å². The van der Waals surface area contributed by atoms with Crippen LogP contribution in [-0.2, 0) is 6.54 Å². The Morgan fingerprint density at radius 3 is 2.75 bits per heavy atom. The summed E-state index contributed by atoms with van der Waals surface area (Å²) in [6, 6.07) is 14.2. The van der Waals surface area contributed by atoms with E-state index in [0.717, 1.165) is 16.1 Å². The number of nitrogens with one attached hydrogen (secondary N) is 2. The Balaban J connectivity index is 1.89. The number of urea groups is 1. The Morgan fingerprint density at radius 1 is 1.20 bits per heavy atom. The second-order valence-corrected chi connectivity index (χ2v) is 5.09. The van der Waals surface area contributed by atoms with Gasteiger partial charge in [-0.15, -0.1) is 11.8 Å². The van der Waals surface area contributed by atoms with Crippen LogP contribution in [0.1, 0.15) is 5.56 Å². The molecule has 0 radical (unpaired) electrons. The van der Waals surface area contributed by atoms with Gasteiger partial charge in [0.2, 0.25) is 0 Å². The maximum absolute atomic E-state index is 11.8. The summed E-state index contributed by atoms with van der Waals surface area (Å²) in [5, 5.41) is 14.9.